The van der Waals surface area contributed by atoms with Crippen molar-refractivity contribution in [2.24, 2.45) is 35.0 Å². The van der Waals surface area contributed by atoms with Crippen molar-refractivity contribution < 1.29 is 38.9 Å². The fraction of sp³-hybridized carbons (Fsp3) is 0.704. The van der Waals surface area contributed by atoms with Gasteiger partial charge < -0.3 is 19.7 Å². The molecule has 0 aromatic heterocycles. The predicted molar refractivity (Wildman–Crippen MR) is 127 cm³/mol. The third-order valence-corrected chi connectivity index (χ3v) is 9.32. The first-order valence-corrected chi connectivity index (χ1v) is 13.1. The van der Waals surface area contributed by atoms with Gasteiger partial charge in [-0.05, 0) is 24.2 Å². The van der Waals surface area contributed by atoms with E-state index in [2.05, 4.69) is 0 Å². The van der Waals surface area contributed by atoms with E-state index in [0.717, 1.165) is 0 Å². The van der Waals surface area contributed by atoms with Gasteiger partial charge in [0.15, 0.2) is 0 Å². The minimum atomic E-state index is -1.10. The molecule has 6 aliphatic heterocycles. The van der Waals surface area contributed by atoms with Gasteiger partial charge in [-0.1, -0.05) is 45.1 Å². The number of carbonyl (C=O) groups excluding carboxylic acids is 4. The van der Waals surface area contributed by atoms with Crippen LogP contribution in [0.4, 0.5) is 0 Å². The maximum atomic E-state index is 13.3. The molecule has 4 bridgehead atoms. The van der Waals surface area contributed by atoms with Gasteiger partial charge in [0, 0.05) is 13.1 Å². The molecule has 10 nitrogen and oxygen atoms in total. The molecule has 0 radical (unpaired) electrons. The van der Waals surface area contributed by atoms with Gasteiger partial charge in [0.05, 0.1) is 49.1 Å². The summed E-state index contributed by atoms with van der Waals surface area (Å²) in [4.78, 5) is 55.3. The Kier molecular flexibility index (Phi) is 5.42. The van der Waals surface area contributed by atoms with E-state index >= 15 is 0 Å². The lowest BCUT2D eigenvalue weighted by atomic mass is 9.77. The monoisotopic (exact) mass is 514 g/mol. The molecule has 0 aliphatic carbocycles. The molecule has 0 saturated carbocycles. The van der Waals surface area contributed by atoms with E-state index in [9.17, 15) is 29.4 Å². The summed E-state index contributed by atoms with van der Waals surface area (Å²) in [6.45, 7) is 5.91. The number of imide groups is 2. The normalized spacial score (nSPS) is 42.1. The van der Waals surface area contributed by atoms with E-state index in [-0.39, 0.29) is 55.8 Å². The molecule has 6 heterocycles. The van der Waals surface area contributed by atoms with Crippen LogP contribution in [0.2, 0.25) is 0 Å². The van der Waals surface area contributed by atoms with Gasteiger partial charge in [-0.2, -0.15) is 0 Å². The molecule has 37 heavy (non-hydrogen) atoms. The van der Waals surface area contributed by atoms with Gasteiger partial charge >= 0.3 is 0 Å². The molecule has 0 aromatic rings. The van der Waals surface area contributed by atoms with Gasteiger partial charge in [-0.25, -0.2) is 0 Å². The van der Waals surface area contributed by atoms with Crippen molar-refractivity contribution in [2.45, 2.75) is 57.0 Å². The zero-order valence-electron chi connectivity index (χ0n) is 21.3. The molecular formula is C27H34N2O8. The molecule has 9 unspecified atom stereocenters. The van der Waals surface area contributed by atoms with Gasteiger partial charge in [-0.3, -0.25) is 29.0 Å². The van der Waals surface area contributed by atoms with Crippen LogP contribution in [0.1, 0.15) is 33.6 Å². The summed E-state index contributed by atoms with van der Waals surface area (Å²) in [5.74, 6) is -3.46. The van der Waals surface area contributed by atoms with Crippen LogP contribution < -0.4 is 0 Å². The minimum Gasteiger partial charge on any atom is -0.393 e. The number of fused-ring (bicyclic) bond motifs is 10. The molecule has 4 amide bonds. The van der Waals surface area contributed by atoms with Gasteiger partial charge in [-0.15, -0.1) is 0 Å². The lowest BCUT2D eigenvalue weighted by Gasteiger charge is -2.33. The van der Waals surface area contributed by atoms with Crippen LogP contribution in [0.3, 0.4) is 0 Å². The Morgan fingerprint density at radius 1 is 0.865 bits per heavy atom. The first-order valence-electron chi connectivity index (χ1n) is 13.1. The summed E-state index contributed by atoms with van der Waals surface area (Å²) in [6.07, 6.45) is 7.29. The second-order valence-electron chi connectivity index (χ2n) is 12.5. The maximum Gasteiger partial charge on any atom is 0.236 e. The van der Waals surface area contributed by atoms with Crippen molar-refractivity contribution in [2.75, 3.05) is 26.3 Å². The Morgan fingerprint density at radius 2 is 1.35 bits per heavy atom. The van der Waals surface area contributed by atoms with Crippen molar-refractivity contribution >= 4 is 23.6 Å². The van der Waals surface area contributed by atoms with Gasteiger partial charge in [0.1, 0.15) is 11.2 Å². The van der Waals surface area contributed by atoms with E-state index in [1.54, 1.807) is 24.3 Å². The Balaban J connectivity index is 1.07. The third kappa shape index (κ3) is 3.32. The largest absolute Gasteiger partial charge is 0.393 e. The number of hydrogen-bond acceptors (Lipinski definition) is 8. The van der Waals surface area contributed by atoms with Crippen LogP contribution >= 0.6 is 0 Å². The second kappa shape index (κ2) is 8.05. The number of ether oxygens (including phenoxy) is 2. The van der Waals surface area contributed by atoms with Crippen LogP contribution in [0.5, 0.6) is 0 Å². The zero-order chi connectivity index (χ0) is 26.5. The molecule has 4 fully saturated rings. The average molecular weight is 515 g/mol. The Bertz CT molecular complexity index is 1130. The highest BCUT2D eigenvalue weighted by molar-refractivity contribution is 6.08. The minimum absolute atomic E-state index is 0.117. The summed E-state index contributed by atoms with van der Waals surface area (Å²) in [5, 5.41) is 19.8. The van der Waals surface area contributed by atoms with E-state index in [1.165, 1.54) is 9.80 Å². The average Bonchev–Trinajstić information content (AvgIpc) is 3.68. The Morgan fingerprint density at radius 3 is 1.86 bits per heavy atom. The number of likely N-dealkylation sites (tertiary alicyclic amines) is 2. The fourth-order valence-electron chi connectivity index (χ4n) is 7.75. The molecule has 9 atom stereocenters. The van der Waals surface area contributed by atoms with Crippen LogP contribution in [-0.4, -0.2) is 93.4 Å². The predicted octanol–water partition coefficient (Wildman–Crippen LogP) is 0.0307. The number of nitrogens with zero attached hydrogens (tertiary/aromatic N) is 2. The van der Waals surface area contributed by atoms with E-state index in [1.807, 2.05) is 20.8 Å². The van der Waals surface area contributed by atoms with Crippen LogP contribution in [0.25, 0.3) is 0 Å². The highest BCUT2D eigenvalue weighted by Crippen LogP contribution is 2.53. The summed E-state index contributed by atoms with van der Waals surface area (Å²) in [6, 6.07) is 0. The van der Waals surface area contributed by atoms with E-state index < -0.39 is 52.5 Å². The van der Waals surface area contributed by atoms with Crippen molar-refractivity contribution in [3.63, 3.8) is 0 Å². The van der Waals surface area contributed by atoms with E-state index in [0.29, 0.717) is 12.8 Å². The highest BCUT2D eigenvalue weighted by atomic mass is 16.5. The standard InChI is InChI=1S/C27H34N2O8/c1-14(6-9-28-21(32)17-15-4-7-26(12-30,36-15)19(17)23(28)34)10-25(2,3)11-29-22(33)18-16-5-8-27(13-31,37-16)20(18)24(29)35/h4-5,7-8,14-20,30-31H,6,9-13H2,1-3H3. The topological polar surface area (TPSA) is 134 Å². The third-order valence-electron chi connectivity index (χ3n) is 9.32. The molecule has 6 rings (SSSR count). The van der Waals surface area contributed by atoms with Crippen molar-refractivity contribution in [3.05, 3.63) is 24.3 Å². The lowest BCUT2D eigenvalue weighted by molar-refractivity contribution is -0.148. The smallest absolute Gasteiger partial charge is 0.236 e. The van der Waals surface area contributed by atoms with Gasteiger partial charge in [0.25, 0.3) is 0 Å². The van der Waals surface area contributed by atoms with Gasteiger partial charge in [0.2, 0.25) is 23.6 Å². The number of hydrogen-bond donors (Lipinski definition) is 2. The summed E-state index contributed by atoms with van der Waals surface area (Å²) in [7, 11) is 0. The number of aliphatic hydroxyl groups is 2. The number of carbonyl (C=O) groups is 4. The van der Waals surface area contributed by atoms with Crippen molar-refractivity contribution in [1.29, 1.82) is 0 Å². The second-order valence-corrected chi connectivity index (χ2v) is 12.5. The number of aliphatic hydroxyl groups excluding tert-OH is 2. The Labute approximate surface area is 215 Å². The molecule has 200 valence electrons. The van der Waals surface area contributed by atoms with Crippen molar-refractivity contribution in [1.82, 2.24) is 9.80 Å². The summed E-state index contributed by atoms with van der Waals surface area (Å²) >= 11 is 0. The molecule has 2 N–H and O–H groups in total. The first-order chi connectivity index (χ1) is 17.5. The summed E-state index contributed by atoms with van der Waals surface area (Å²) in [5.41, 5.74) is -2.58. The molecule has 6 aliphatic rings. The van der Waals surface area contributed by atoms with Crippen molar-refractivity contribution in [3.8, 4) is 0 Å². The number of amides is 4. The number of rotatable bonds is 9. The van der Waals surface area contributed by atoms with Crippen LogP contribution in [0.15, 0.2) is 24.3 Å². The zero-order valence-corrected chi connectivity index (χ0v) is 21.3. The molecule has 0 aromatic carbocycles. The molecule has 10 heteroatoms. The summed E-state index contributed by atoms with van der Waals surface area (Å²) < 4.78 is 11.6. The van der Waals surface area contributed by atoms with Crippen LogP contribution in [0, 0.1) is 35.0 Å². The maximum absolute atomic E-state index is 13.3. The lowest BCUT2D eigenvalue weighted by Crippen LogP contribution is -2.45. The van der Waals surface area contributed by atoms with E-state index in [4.69, 9.17) is 9.47 Å². The quantitative estimate of drug-likeness (QED) is 0.325. The molecule has 4 saturated heterocycles. The molecule has 0 spiro atoms. The molecular weight excluding hydrogens is 480 g/mol. The van der Waals surface area contributed by atoms with Crippen LogP contribution in [-0.2, 0) is 28.7 Å². The first kappa shape index (κ1) is 24.9. The fourth-order valence-corrected chi connectivity index (χ4v) is 7.75. The Hall–Kier alpha value is -2.40. The highest BCUT2D eigenvalue weighted by Gasteiger charge is 2.68. The SMILES string of the molecule is CC(CCN1C(=O)C2C3C=CC(CO)(O3)C2C1=O)CC(C)(C)CN1C(=O)C2C3C=CC(CO)(O3)C2C1=O.